The maximum atomic E-state index is 3.33. The predicted octanol–water partition coefficient (Wildman–Crippen LogP) is 2.09. The van der Waals surface area contributed by atoms with Crippen LogP contribution in [-0.4, -0.2) is 13.1 Å². The van der Waals surface area contributed by atoms with Crippen molar-refractivity contribution in [3.63, 3.8) is 0 Å². The van der Waals surface area contributed by atoms with Crippen molar-refractivity contribution in [2.75, 3.05) is 7.05 Å². The van der Waals surface area contributed by atoms with E-state index < -0.39 is 0 Å². The van der Waals surface area contributed by atoms with Gasteiger partial charge in [0.05, 0.1) is 0 Å². The summed E-state index contributed by atoms with van der Waals surface area (Å²) < 4.78 is 0. The lowest BCUT2D eigenvalue weighted by atomic mass is 10.1. The van der Waals surface area contributed by atoms with E-state index >= 15 is 0 Å². The maximum absolute atomic E-state index is 3.33. The molecule has 1 aliphatic rings. The monoisotopic (exact) mass is 139 g/mol. The second-order valence-corrected chi connectivity index (χ2v) is 3.15. The zero-order chi connectivity index (χ0) is 7.40. The van der Waals surface area contributed by atoms with Gasteiger partial charge < -0.3 is 5.32 Å². The summed E-state index contributed by atoms with van der Waals surface area (Å²) in [6.07, 6.45) is 7.55. The fourth-order valence-corrected chi connectivity index (χ4v) is 1.47. The summed E-state index contributed by atoms with van der Waals surface area (Å²) in [4.78, 5) is 0. The lowest BCUT2D eigenvalue weighted by Crippen LogP contribution is -2.23. The van der Waals surface area contributed by atoms with Gasteiger partial charge in [-0.05, 0) is 39.7 Å². The quantitative estimate of drug-likeness (QED) is 0.548. The second kappa shape index (κ2) is 3.77. The lowest BCUT2D eigenvalue weighted by molar-refractivity contribution is 0.503. The van der Waals surface area contributed by atoms with Crippen LogP contribution in [0.2, 0.25) is 0 Å². The molecule has 10 heavy (non-hydrogen) atoms. The van der Waals surface area contributed by atoms with Crippen LogP contribution in [0.3, 0.4) is 0 Å². The molecule has 0 bridgehead atoms. The van der Waals surface area contributed by atoms with Gasteiger partial charge in [-0.25, -0.2) is 0 Å². The summed E-state index contributed by atoms with van der Waals surface area (Å²) in [5.74, 6) is 0. The Bertz CT molecular complexity index is 127. The van der Waals surface area contributed by atoms with Crippen LogP contribution in [0.5, 0.6) is 0 Å². The van der Waals surface area contributed by atoms with E-state index in [0.29, 0.717) is 0 Å². The van der Waals surface area contributed by atoms with Gasteiger partial charge in [-0.15, -0.1) is 0 Å². The first-order chi connectivity index (χ1) is 4.83. The molecule has 0 spiro atoms. The third-order valence-electron chi connectivity index (χ3n) is 2.30. The molecule has 0 aromatic carbocycles. The summed E-state index contributed by atoms with van der Waals surface area (Å²) in [6, 6.07) is 0.758. The minimum atomic E-state index is 0.758. The van der Waals surface area contributed by atoms with E-state index in [-0.39, 0.29) is 0 Å². The van der Waals surface area contributed by atoms with Crippen LogP contribution >= 0.6 is 0 Å². The second-order valence-electron chi connectivity index (χ2n) is 3.15. The van der Waals surface area contributed by atoms with E-state index in [1.165, 1.54) is 25.7 Å². The third-order valence-corrected chi connectivity index (χ3v) is 2.30. The number of rotatable bonds is 1. The van der Waals surface area contributed by atoms with Crippen LogP contribution < -0.4 is 5.32 Å². The average Bonchev–Trinajstić information content (AvgIpc) is 2.14. The van der Waals surface area contributed by atoms with Crippen molar-refractivity contribution >= 4 is 0 Å². The van der Waals surface area contributed by atoms with Crippen molar-refractivity contribution in [1.82, 2.24) is 5.32 Å². The Hall–Kier alpha value is -0.300. The van der Waals surface area contributed by atoms with Gasteiger partial charge in [0, 0.05) is 6.04 Å². The zero-order valence-electron chi connectivity index (χ0n) is 6.98. The zero-order valence-corrected chi connectivity index (χ0v) is 6.98. The van der Waals surface area contributed by atoms with Gasteiger partial charge in [-0.1, -0.05) is 11.6 Å². The van der Waals surface area contributed by atoms with Crippen molar-refractivity contribution in [2.45, 2.75) is 38.6 Å². The highest BCUT2D eigenvalue weighted by Crippen LogP contribution is 2.16. The Labute approximate surface area is 63.5 Å². The van der Waals surface area contributed by atoms with Crippen LogP contribution in [0.15, 0.2) is 11.6 Å². The first-order valence-corrected chi connectivity index (χ1v) is 4.16. The Morgan fingerprint density at radius 3 is 3.00 bits per heavy atom. The molecular weight excluding hydrogens is 122 g/mol. The lowest BCUT2D eigenvalue weighted by Gasteiger charge is -2.11. The largest absolute Gasteiger partial charge is 0.317 e. The molecule has 1 N–H and O–H groups in total. The molecule has 0 aromatic rings. The van der Waals surface area contributed by atoms with Crippen molar-refractivity contribution in [3.05, 3.63) is 11.6 Å². The van der Waals surface area contributed by atoms with E-state index in [9.17, 15) is 0 Å². The molecule has 0 fully saturated rings. The number of hydrogen-bond acceptors (Lipinski definition) is 1. The van der Waals surface area contributed by atoms with E-state index in [1.807, 2.05) is 0 Å². The first-order valence-electron chi connectivity index (χ1n) is 4.16. The molecule has 1 heteroatoms. The van der Waals surface area contributed by atoms with Crippen LogP contribution in [0.1, 0.15) is 32.6 Å². The first kappa shape index (κ1) is 7.80. The van der Waals surface area contributed by atoms with Gasteiger partial charge in [-0.3, -0.25) is 0 Å². The number of hydrogen-bond donors (Lipinski definition) is 1. The van der Waals surface area contributed by atoms with Gasteiger partial charge in [0.1, 0.15) is 0 Å². The Morgan fingerprint density at radius 1 is 1.50 bits per heavy atom. The Kier molecular flexibility index (Phi) is 2.94. The van der Waals surface area contributed by atoms with E-state index in [0.717, 1.165) is 6.04 Å². The molecule has 1 aliphatic carbocycles. The van der Waals surface area contributed by atoms with Crippen molar-refractivity contribution in [1.29, 1.82) is 0 Å². The molecule has 0 amide bonds. The molecule has 0 aliphatic heterocycles. The molecule has 1 nitrogen and oxygen atoms in total. The molecule has 1 rings (SSSR count). The maximum Gasteiger partial charge on any atom is 0.00700 e. The third kappa shape index (κ3) is 2.14. The van der Waals surface area contributed by atoms with Crippen molar-refractivity contribution in [3.8, 4) is 0 Å². The highest BCUT2D eigenvalue weighted by atomic mass is 14.9. The topological polar surface area (TPSA) is 12.0 Å². The molecular formula is C9H17N. The molecule has 0 radical (unpaired) electrons. The highest BCUT2D eigenvalue weighted by molar-refractivity contribution is 5.01. The number of nitrogens with one attached hydrogen (secondary N) is 1. The van der Waals surface area contributed by atoms with Crippen LogP contribution in [0.25, 0.3) is 0 Å². The molecule has 0 aromatic heterocycles. The van der Waals surface area contributed by atoms with Crippen LogP contribution in [0.4, 0.5) is 0 Å². The summed E-state index contributed by atoms with van der Waals surface area (Å²) in [5.41, 5.74) is 1.57. The van der Waals surface area contributed by atoms with Gasteiger partial charge in [0.2, 0.25) is 0 Å². The van der Waals surface area contributed by atoms with Crippen molar-refractivity contribution in [2.24, 2.45) is 0 Å². The van der Waals surface area contributed by atoms with Gasteiger partial charge >= 0.3 is 0 Å². The molecule has 1 atom stereocenters. The summed E-state index contributed by atoms with van der Waals surface area (Å²) >= 11 is 0. The van der Waals surface area contributed by atoms with Gasteiger partial charge in [0.25, 0.3) is 0 Å². The van der Waals surface area contributed by atoms with Crippen LogP contribution in [0, 0.1) is 0 Å². The molecule has 0 saturated heterocycles. The minimum absolute atomic E-state index is 0.758. The van der Waals surface area contributed by atoms with Gasteiger partial charge in [-0.2, -0.15) is 0 Å². The molecule has 0 heterocycles. The summed E-state index contributed by atoms with van der Waals surface area (Å²) in [5, 5.41) is 3.33. The number of allylic oxidation sites excluding steroid dienone is 2. The Morgan fingerprint density at radius 2 is 2.30 bits per heavy atom. The van der Waals surface area contributed by atoms with E-state index in [4.69, 9.17) is 0 Å². The van der Waals surface area contributed by atoms with Crippen molar-refractivity contribution < 1.29 is 0 Å². The predicted molar refractivity (Wildman–Crippen MR) is 45.1 cm³/mol. The normalized spacial score (nSPS) is 27.4. The van der Waals surface area contributed by atoms with Crippen LogP contribution in [-0.2, 0) is 0 Å². The molecule has 58 valence electrons. The van der Waals surface area contributed by atoms with Gasteiger partial charge in [0.15, 0.2) is 0 Å². The SMILES string of the molecule is CNC1CCC=C(C)CC1. The standard InChI is InChI=1S/C9H17N/c1-8-4-3-5-9(10-2)7-6-8/h4,9-10H,3,5-7H2,1-2H3. The fraction of sp³-hybridized carbons (Fsp3) is 0.778. The summed E-state index contributed by atoms with van der Waals surface area (Å²) in [7, 11) is 2.06. The summed E-state index contributed by atoms with van der Waals surface area (Å²) in [6.45, 7) is 2.23. The highest BCUT2D eigenvalue weighted by Gasteiger charge is 2.07. The fourth-order valence-electron chi connectivity index (χ4n) is 1.47. The van der Waals surface area contributed by atoms with E-state index in [2.05, 4.69) is 25.4 Å². The smallest absolute Gasteiger partial charge is 0.00700 e. The average molecular weight is 139 g/mol. The molecule has 0 saturated carbocycles. The van der Waals surface area contributed by atoms with E-state index in [1.54, 1.807) is 5.57 Å². The molecule has 1 unspecified atom stereocenters. The minimum Gasteiger partial charge on any atom is -0.317 e. The Balaban J connectivity index is 2.36.